The van der Waals surface area contributed by atoms with Crippen molar-refractivity contribution in [3.8, 4) is 5.75 Å². The van der Waals surface area contributed by atoms with Crippen LogP contribution in [-0.2, 0) is 6.42 Å². The van der Waals surface area contributed by atoms with E-state index in [1.54, 1.807) is 7.11 Å². The number of hydrogen-bond donors (Lipinski definition) is 1. The molecule has 3 heteroatoms. The van der Waals surface area contributed by atoms with Gasteiger partial charge in [0.15, 0.2) is 0 Å². The van der Waals surface area contributed by atoms with E-state index in [1.165, 1.54) is 16.7 Å². The molecule has 0 saturated heterocycles. The van der Waals surface area contributed by atoms with Crippen molar-refractivity contribution in [3.05, 3.63) is 28.8 Å². The summed E-state index contributed by atoms with van der Waals surface area (Å²) < 4.78 is 5.45. The third-order valence-corrected chi connectivity index (χ3v) is 2.77. The summed E-state index contributed by atoms with van der Waals surface area (Å²) in [5.74, 6) is 1.01. The highest BCUT2D eigenvalue weighted by atomic mass is 16.5. The lowest BCUT2D eigenvalue weighted by atomic mass is 10.0. The maximum absolute atomic E-state index is 5.56. The summed E-state index contributed by atoms with van der Waals surface area (Å²) in [6.45, 7) is 5.74. The lowest BCUT2D eigenvalue weighted by Crippen LogP contribution is -2.27. The molecule has 0 spiro atoms. The van der Waals surface area contributed by atoms with Gasteiger partial charge in [0, 0.05) is 13.2 Å². The fourth-order valence-corrected chi connectivity index (χ4v) is 1.92. The van der Waals surface area contributed by atoms with Crippen molar-refractivity contribution in [1.29, 1.82) is 0 Å². The quantitative estimate of drug-likeness (QED) is 0.771. The van der Waals surface area contributed by atoms with Crippen molar-refractivity contribution in [2.75, 3.05) is 27.4 Å². The monoisotopic (exact) mass is 222 g/mol. The number of benzene rings is 1. The van der Waals surface area contributed by atoms with Crippen molar-refractivity contribution in [3.63, 3.8) is 0 Å². The number of ether oxygens (including phenoxy) is 1. The predicted molar refractivity (Wildman–Crippen MR) is 67.9 cm³/mol. The molecule has 0 fully saturated rings. The molecule has 16 heavy (non-hydrogen) atoms. The number of nitrogens with two attached hydrogens (primary N) is 1. The van der Waals surface area contributed by atoms with Gasteiger partial charge >= 0.3 is 0 Å². The minimum Gasteiger partial charge on any atom is -0.496 e. The minimum atomic E-state index is 0.590. The summed E-state index contributed by atoms with van der Waals surface area (Å²) in [7, 11) is 3.75. The zero-order valence-electron chi connectivity index (χ0n) is 10.7. The van der Waals surface area contributed by atoms with Crippen LogP contribution in [-0.4, -0.2) is 32.3 Å². The molecule has 2 N–H and O–H groups in total. The molecule has 1 aromatic rings. The van der Waals surface area contributed by atoms with Crippen molar-refractivity contribution in [2.45, 2.75) is 20.3 Å². The van der Waals surface area contributed by atoms with Crippen molar-refractivity contribution >= 4 is 0 Å². The molecule has 0 aliphatic rings. The van der Waals surface area contributed by atoms with E-state index in [4.69, 9.17) is 10.5 Å². The first-order valence-corrected chi connectivity index (χ1v) is 5.61. The minimum absolute atomic E-state index is 0.590. The van der Waals surface area contributed by atoms with Gasteiger partial charge < -0.3 is 10.5 Å². The molecule has 0 aliphatic carbocycles. The second-order valence-corrected chi connectivity index (χ2v) is 4.29. The molecule has 1 rings (SSSR count). The van der Waals surface area contributed by atoms with E-state index in [-0.39, 0.29) is 0 Å². The summed E-state index contributed by atoms with van der Waals surface area (Å²) in [5, 5.41) is 0. The lowest BCUT2D eigenvalue weighted by Gasteiger charge is -2.16. The SMILES string of the molecule is COc1c(C)cc(C)cc1CCN(C)CN. The number of methoxy groups -OCH3 is 1. The number of nitrogens with zero attached hydrogens (tertiary/aromatic N) is 1. The van der Waals surface area contributed by atoms with Crippen LogP contribution in [0.3, 0.4) is 0 Å². The number of hydrogen-bond acceptors (Lipinski definition) is 3. The van der Waals surface area contributed by atoms with E-state index in [0.29, 0.717) is 6.67 Å². The highest BCUT2D eigenvalue weighted by molar-refractivity contribution is 5.43. The van der Waals surface area contributed by atoms with Gasteiger partial charge in [0.05, 0.1) is 7.11 Å². The Kier molecular flexibility index (Phi) is 4.77. The number of likely N-dealkylation sites (N-methyl/N-ethyl adjacent to an activating group) is 1. The standard InChI is InChI=1S/C13H22N2O/c1-10-7-11(2)13(16-4)12(8-10)5-6-15(3)9-14/h7-8H,5-6,9,14H2,1-4H3. The van der Waals surface area contributed by atoms with Gasteiger partial charge in [0.25, 0.3) is 0 Å². The first kappa shape index (κ1) is 13.0. The van der Waals surface area contributed by atoms with Gasteiger partial charge in [0.1, 0.15) is 5.75 Å². The van der Waals surface area contributed by atoms with Crippen LogP contribution in [0.5, 0.6) is 5.75 Å². The fraction of sp³-hybridized carbons (Fsp3) is 0.538. The maximum Gasteiger partial charge on any atom is 0.125 e. The molecular weight excluding hydrogens is 200 g/mol. The van der Waals surface area contributed by atoms with E-state index in [9.17, 15) is 0 Å². The number of rotatable bonds is 5. The van der Waals surface area contributed by atoms with E-state index >= 15 is 0 Å². The maximum atomic E-state index is 5.56. The van der Waals surface area contributed by atoms with Gasteiger partial charge in [-0.25, -0.2) is 0 Å². The smallest absolute Gasteiger partial charge is 0.125 e. The molecule has 0 saturated carbocycles. The summed E-state index contributed by atoms with van der Waals surface area (Å²) >= 11 is 0. The van der Waals surface area contributed by atoms with E-state index in [0.717, 1.165) is 18.7 Å². The molecular formula is C13H22N2O. The van der Waals surface area contributed by atoms with Crippen LogP contribution in [0.4, 0.5) is 0 Å². The van der Waals surface area contributed by atoms with Crippen LogP contribution >= 0.6 is 0 Å². The summed E-state index contributed by atoms with van der Waals surface area (Å²) in [6.07, 6.45) is 0.972. The second kappa shape index (κ2) is 5.87. The molecule has 0 bridgehead atoms. The first-order valence-electron chi connectivity index (χ1n) is 5.61. The Morgan fingerprint density at radius 2 is 2.00 bits per heavy atom. The Hall–Kier alpha value is -1.06. The summed E-state index contributed by atoms with van der Waals surface area (Å²) in [5.41, 5.74) is 9.31. The molecule has 0 unspecified atom stereocenters. The highest BCUT2D eigenvalue weighted by Crippen LogP contribution is 2.25. The van der Waals surface area contributed by atoms with Crippen LogP contribution in [0.25, 0.3) is 0 Å². The molecule has 0 radical (unpaired) electrons. The average molecular weight is 222 g/mol. The summed E-state index contributed by atoms with van der Waals surface area (Å²) in [6, 6.07) is 4.34. The largest absolute Gasteiger partial charge is 0.496 e. The van der Waals surface area contributed by atoms with Gasteiger partial charge in [-0.05, 0) is 38.4 Å². The third-order valence-electron chi connectivity index (χ3n) is 2.77. The highest BCUT2D eigenvalue weighted by Gasteiger charge is 2.08. The van der Waals surface area contributed by atoms with Gasteiger partial charge in [-0.3, -0.25) is 4.90 Å². The molecule has 0 heterocycles. The summed E-state index contributed by atoms with van der Waals surface area (Å²) in [4.78, 5) is 2.09. The molecule has 0 atom stereocenters. The predicted octanol–water partition coefficient (Wildman–Crippen LogP) is 1.70. The molecule has 0 aliphatic heterocycles. The number of aryl methyl sites for hydroxylation is 2. The molecule has 3 nitrogen and oxygen atoms in total. The van der Waals surface area contributed by atoms with Crippen LogP contribution in [0.15, 0.2) is 12.1 Å². The first-order chi connectivity index (χ1) is 7.58. The Morgan fingerprint density at radius 3 is 2.56 bits per heavy atom. The topological polar surface area (TPSA) is 38.5 Å². The Bertz CT molecular complexity index is 350. The van der Waals surface area contributed by atoms with E-state index in [1.807, 2.05) is 7.05 Å². The third kappa shape index (κ3) is 3.22. The van der Waals surface area contributed by atoms with Crippen LogP contribution in [0.2, 0.25) is 0 Å². The zero-order valence-corrected chi connectivity index (χ0v) is 10.7. The second-order valence-electron chi connectivity index (χ2n) is 4.29. The van der Waals surface area contributed by atoms with Crippen LogP contribution in [0.1, 0.15) is 16.7 Å². The average Bonchev–Trinajstić information content (AvgIpc) is 2.25. The Balaban J connectivity index is 2.85. The van der Waals surface area contributed by atoms with Crippen molar-refractivity contribution < 1.29 is 4.74 Å². The van der Waals surface area contributed by atoms with E-state index < -0.39 is 0 Å². The molecule has 90 valence electrons. The van der Waals surface area contributed by atoms with Crippen molar-refractivity contribution in [2.24, 2.45) is 5.73 Å². The van der Waals surface area contributed by atoms with Gasteiger partial charge in [0.2, 0.25) is 0 Å². The van der Waals surface area contributed by atoms with E-state index in [2.05, 4.69) is 30.9 Å². The zero-order chi connectivity index (χ0) is 12.1. The fourth-order valence-electron chi connectivity index (χ4n) is 1.92. The van der Waals surface area contributed by atoms with Gasteiger partial charge in [-0.2, -0.15) is 0 Å². The molecule has 0 aromatic heterocycles. The Labute approximate surface area is 98.2 Å². The normalized spacial score (nSPS) is 10.9. The van der Waals surface area contributed by atoms with Crippen LogP contribution < -0.4 is 10.5 Å². The van der Waals surface area contributed by atoms with Gasteiger partial charge in [-0.1, -0.05) is 17.7 Å². The van der Waals surface area contributed by atoms with Gasteiger partial charge in [-0.15, -0.1) is 0 Å². The molecule has 0 amide bonds. The lowest BCUT2D eigenvalue weighted by molar-refractivity contribution is 0.344. The van der Waals surface area contributed by atoms with Crippen molar-refractivity contribution in [1.82, 2.24) is 4.90 Å². The van der Waals surface area contributed by atoms with Crippen LogP contribution in [0, 0.1) is 13.8 Å². The molecule has 1 aromatic carbocycles. The Morgan fingerprint density at radius 1 is 1.31 bits per heavy atom.